The van der Waals surface area contributed by atoms with Crippen LogP contribution < -0.4 is 20.5 Å². The van der Waals surface area contributed by atoms with Crippen molar-refractivity contribution in [2.24, 2.45) is 10.7 Å². The van der Waals surface area contributed by atoms with Crippen LogP contribution in [0.2, 0.25) is 0 Å². The van der Waals surface area contributed by atoms with Crippen molar-refractivity contribution < 1.29 is 9.47 Å². The predicted molar refractivity (Wildman–Crippen MR) is 107 cm³/mol. The number of ether oxygens (including phenoxy) is 2. The summed E-state index contributed by atoms with van der Waals surface area (Å²) in [6, 6.07) is 11.8. The second-order valence-corrected chi connectivity index (χ2v) is 6.71. The van der Waals surface area contributed by atoms with E-state index in [0.29, 0.717) is 25.2 Å². The lowest BCUT2D eigenvalue weighted by molar-refractivity contribution is 0.200. The van der Waals surface area contributed by atoms with Gasteiger partial charge in [-0.2, -0.15) is 0 Å². The van der Waals surface area contributed by atoms with Gasteiger partial charge in [-0.15, -0.1) is 0 Å². The van der Waals surface area contributed by atoms with Gasteiger partial charge in [-0.25, -0.2) is 4.99 Å². The summed E-state index contributed by atoms with van der Waals surface area (Å²) in [6.45, 7) is 1.19. The van der Waals surface area contributed by atoms with Crippen LogP contribution in [0.25, 0.3) is 0 Å². The Morgan fingerprint density at radius 1 is 1.22 bits per heavy atom. The molecule has 1 aliphatic rings. The van der Waals surface area contributed by atoms with Crippen molar-refractivity contribution in [3.05, 3.63) is 53.9 Å². The second-order valence-electron chi connectivity index (χ2n) is 6.71. The molecule has 6 heteroatoms. The maximum Gasteiger partial charge on any atom is 0.188 e. The van der Waals surface area contributed by atoms with Gasteiger partial charge < -0.3 is 20.5 Å². The lowest BCUT2D eigenvalue weighted by Gasteiger charge is -2.16. The Balaban J connectivity index is 1.50. The summed E-state index contributed by atoms with van der Waals surface area (Å²) in [5.74, 6) is 1.98. The zero-order chi connectivity index (χ0) is 18.9. The monoisotopic (exact) mass is 368 g/mol. The van der Waals surface area contributed by atoms with E-state index in [9.17, 15) is 0 Å². The summed E-state index contributed by atoms with van der Waals surface area (Å²) in [5, 5.41) is 3.12. The molecular formula is C21H28N4O2. The number of hydrogen-bond donors (Lipinski definition) is 2. The van der Waals surface area contributed by atoms with Gasteiger partial charge in [0.15, 0.2) is 17.5 Å². The lowest BCUT2D eigenvalue weighted by Crippen LogP contribution is -2.33. The van der Waals surface area contributed by atoms with Gasteiger partial charge in [-0.1, -0.05) is 12.1 Å². The van der Waals surface area contributed by atoms with E-state index >= 15 is 0 Å². The molecule has 27 heavy (non-hydrogen) atoms. The Morgan fingerprint density at radius 3 is 2.81 bits per heavy atom. The van der Waals surface area contributed by atoms with Crippen LogP contribution in [0.3, 0.4) is 0 Å². The third-order valence-electron chi connectivity index (χ3n) is 4.67. The molecule has 0 radical (unpaired) electrons. The van der Waals surface area contributed by atoms with Gasteiger partial charge in [0.2, 0.25) is 0 Å². The Labute approximate surface area is 160 Å². The molecule has 1 aromatic heterocycles. The molecule has 0 saturated heterocycles. The summed E-state index contributed by atoms with van der Waals surface area (Å²) in [4.78, 5) is 8.69. The molecule has 1 aliphatic carbocycles. The number of aliphatic imine (C=N–C) groups is 1. The van der Waals surface area contributed by atoms with Gasteiger partial charge >= 0.3 is 0 Å². The third kappa shape index (κ3) is 5.88. The van der Waals surface area contributed by atoms with E-state index in [-0.39, 0.29) is 0 Å². The van der Waals surface area contributed by atoms with Crippen LogP contribution in [0.5, 0.6) is 11.5 Å². The zero-order valence-corrected chi connectivity index (χ0v) is 15.9. The Kier molecular flexibility index (Phi) is 6.90. The molecule has 0 amide bonds. The van der Waals surface area contributed by atoms with Crippen molar-refractivity contribution in [2.75, 3.05) is 13.7 Å². The van der Waals surface area contributed by atoms with Crippen LogP contribution >= 0.6 is 0 Å². The molecule has 0 aliphatic heterocycles. The number of aromatic nitrogens is 1. The van der Waals surface area contributed by atoms with Gasteiger partial charge in [-0.05, 0) is 55.5 Å². The van der Waals surface area contributed by atoms with Crippen LogP contribution in [-0.4, -0.2) is 30.7 Å². The number of hydrogen-bond acceptors (Lipinski definition) is 4. The highest BCUT2D eigenvalue weighted by atomic mass is 16.5. The largest absolute Gasteiger partial charge is 0.493 e. The van der Waals surface area contributed by atoms with Crippen LogP contribution in [0, 0.1) is 0 Å². The lowest BCUT2D eigenvalue weighted by atomic mass is 10.2. The Hall–Kier alpha value is -2.76. The van der Waals surface area contributed by atoms with Crippen LogP contribution in [0.4, 0.5) is 0 Å². The summed E-state index contributed by atoms with van der Waals surface area (Å²) < 4.78 is 11.6. The predicted octanol–water partition coefficient (Wildman–Crippen LogP) is 3.06. The number of nitrogens with zero attached hydrogens (tertiary/aromatic N) is 2. The highest BCUT2D eigenvalue weighted by Gasteiger charge is 2.18. The number of pyridine rings is 1. The zero-order valence-electron chi connectivity index (χ0n) is 15.9. The first-order valence-corrected chi connectivity index (χ1v) is 9.52. The summed E-state index contributed by atoms with van der Waals surface area (Å²) in [7, 11) is 1.66. The van der Waals surface area contributed by atoms with E-state index in [1.54, 1.807) is 13.3 Å². The Bertz CT molecular complexity index is 743. The maximum absolute atomic E-state index is 6.07. The van der Waals surface area contributed by atoms with Crippen molar-refractivity contribution in [3.63, 3.8) is 0 Å². The molecule has 3 rings (SSSR count). The first-order valence-electron chi connectivity index (χ1n) is 9.52. The summed E-state index contributed by atoms with van der Waals surface area (Å²) in [6.07, 6.45) is 7.63. The van der Waals surface area contributed by atoms with E-state index in [4.69, 9.17) is 15.2 Å². The first-order chi connectivity index (χ1) is 13.2. The minimum absolute atomic E-state index is 0.307. The van der Waals surface area contributed by atoms with E-state index in [1.807, 2.05) is 36.4 Å². The fourth-order valence-electron chi connectivity index (χ4n) is 3.19. The minimum Gasteiger partial charge on any atom is -0.493 e. The maximum atomic E-state index is 6.07. The number of methoxy groups -OCH3 is 1. The second kappa shape index (κ2) is 9.80. The van der Waals surface area contributed by atoms with E-state index in [0.717, 1.165) is 42.0 Å². The number of guanidine groups is 1. The van der Waals surface area contributed by atoms with E-state index in [1.165, 1.54) is 12.8 Å². The fraction of sp³-hybridized carbons (Fsp3) is 0.429. The molecule has 6 nitrogen and oxygen atoms in total. The van der Waals surface area contributed by atoms with Crippen molar-refractivity contribution in [2.45, 2.75) is 44.8 Å². The molecule has 1 fully saturated rings. The SMILES string of the molecule is COc1cc(CN=C(N)NCCc2ccccn2)ccc1OC1CCCC1. The number of rotatable bonds is 8. The van der Waals surface area contributed by atoms with E-state index in [2.05, 4.69) is 15.3 Å². The molecule has 144 valence electrons. The molecule has 0 spiro atoms. The van der Waals surface area contributed by atoms with Gasteiger partial charge in [0, 0.05) is 24.9 Å². The van der Waals surface area contributed by atoms with Crippen LogP contribution in [-0.2, 0) is 13.0 Å². The molecule has 0 bridgehead atoms. The number of nitrogens with one attached hydrogen (secondary N) is 1. The molecule has 1 aromatic carbocycles. The molecule has 0 atom stereocenters. The normalized spacial score (nSPS) is 14.9. The first kappa shape index (κ1) is 19.0. The van der Waals surface area contributed by atoms with Gasteiger partial charge in [0.1, 0.15) is 0 Å². The van der Waals surface area contributed by atoms with Crippen molar-refractivity contribution in [1.29, 1.82) is 0 Å². The average molecular weight is 368 g/mol. The van der Waals surface area contributed by atoms with Crippen molar-refractivity contribution in [1.82, 2.24) is 10.3 Å². The average Bonchev–Trinajstić information content (AvgIpc) is 3.21. The molecule has 1 heterocycles. The van der Waals surface area contributed by atoms with Gasteiger partial charge in [-0.3, -0.25) is 4.98 Å². The smallest absolute Gasteiger partial charge is 0.188 e. The highest BCUT2D eigenvalue weighted by Crippen LogP contribution is 2.32. The fourth-order valence-corrected chi connectivity index (χ4v) is 3.19. The molecule has 2 aromatic rings. The molecule has 3 N–H and O–H groups in total. The molecule has 1 saturated carbocycles. The summed E-state index contributed by atoms with van der Waals surface area (Å²) in [5.41, 5.74) is 8.01. The van der Waals surface area contributed by atoms with Gasteiger partial charge in [0.25, 0.3) is 0 Å². The van der Waals surface area contributed by atoms with Crippen molar-refractivity contribution in [3.8, 4) is 11.5 Å². The quantitative estimate of drug-likeness (QED) is 0.553. The molecule has 0 unspecified atom stereocenters. The van der Waals surface area contributed by atoms with Crippen molar-refractivity contribution >= 4 is 5.96 Å². The van der Waals surface area contributed by atoms with Crippen LogP contribution in [0.15, 0.2) is 47.6 Å². The standard InChI is InChI=1S/C21H28N4O2/c1-26-20-14-16(9-10-19(20)27-18-7-2-3-8-18)15-25-21(22)24-13-11-17-6-4-5-12-23-17/h4-6,9-10,12,14,18H,2-3,7-8,11,13,15H2,1H3,(H3,22,24,25). The highest BCUT2D eigenvalue weighted by molar-refractivity contribution is 5.77. The number of nitrogens with two attached hydrogens (primary N) is 1. The third-order valence-corrected chi connectivity index (χ3v) is 4.67. The topological polar surface area (TPSA) is 81.8 Å². The molecular weight excluding hydrogens is 340 g/mol. The minimum atomic E-state index is 0.307. The van der Waals surface area contributed by atoms with Gasteiger partial charge in [0.05, 0.1) is 19.8 Å². The van der Waals surface area contributed by atoms with Crippen LogP contribution in [0.1, 0.15) is 36.9 Å². The summed E-state index contributed by atoms with van der Waals surface area (Å²) >= 11 is 0. The number of benzene rings is 1. The van der Waals surface area contributed by atoms with E-state index < -0.39 is 0 Å². The Morgan fingerprint density at radius 2 is 2.07 bits per heavy atom.